The van der Waals surface area contributed by atoms with E-state index >= 15 is 0 Å². The first-order valence-electron chi connectivity index (χ1n) is 8.95. The maximum atomic E-state index is 13.3. The summed E-state index contributed by atoms with van der Waals surface area (Å²) in [6, 6.07) is 3.88. The summed E-state index contributed by atoms with van der Waals surface area (Å²) in [5.74, 6) is 0. The molecule has 2 aromatic heterocycles. The summed E-state index contributed by atoms with van der Waals surface area (Å²) in [5.41, 5.74) is 0.945. The molecule has 2 aliphatic rings. The Morgan fingerprint density at radius 3 is 2.87 bits per heavy atom. The van der Waals surface area contributed by atoms with Crippen molar-refractivity contribution in [3.63, 3.8) is 0 Å². The standard InChI is InChI=1S/C18H20F3N5OS.2ClH/c1-27-8-4-12-10-26(7-6-22-12)15-13-11(3-2-5-23-13)9-24-16-14(15)25-17(28-16)18(19,20)21;;/h2-3,5,9,12,22,24H,4,6-8,10H2,1H3;2*1H. The van der Waals surface area contributed by atoms with E-state index in [0.29, 0.717) is 52.8 Å². The lowest BCUT2D eigenvalue weighted by molar-refractivity contribution is -0.137. The van der Waals surface area contributed by atoms with E-state index in [2.05, 4.69) is 25.5 Å². The van der Waals surface area contributed by atoms with Crippen LogP contribution < -0.4 is 21.2 Å². The number of hydrogen-bond acceptors (Lipinski definition) is 7. The normalized spacial score (nSPS) is 18.1. The number of halogens is 5. The highest BCUT2D eigenvalue weighted by molar-refractivity contribution is 7.16. The molecule has 0 amide bonds. The molecule has 2 aliphatic heterocycles. The van der Waals surface area contributed by atoms with E-state index in [0.717, 1.165) is 18.2 Å². The maximum absolute atomic E-state index is 13.3. The average molecular weight is 484 g/mol. The highest BCUT2D eigenvalue weighted by Gasteiger charge is 2.38. The van der Waals surface area contributed by atoms with Gasteiger partial charge in [-0.25, -0.2) is 4.98 Å². The highest BCUT2D eigenvalue weighted by atomic mass is 35.5. The molecule has 6 nitrogen and oxygen atoms in total. The van der Waals surface area contributed by atoms with Crippen molar-refractivity contribution in [1.82, 2.24) is 20.2 Å². The van der Waals surface area contributed by atoms with Gasteiger partial charge in [0.1, 0.15) is 10.7 Å². The zero-order chi connectivity index (χ0) is 19.7. The zero-order valence-corrected chi connectivity index (χ0v) is 18.5. The summed E-state index contributed by atoms with van der Waals surface area (Å²) in [6.07, 6.45) is -0.324. The predicted molar refractivity (Wildman–Crippen MR) is 116 cm³/mol. The fourth-order valence-corrected chi connectivity index (χ4v) is 4.27. The Hall–Kier alpha value is -1.59. The number of piperazine rings is 1. The van der Waals surface area contributed by atoms with Crippen LogP contribution in [0, 0.1) is 0 Å². The van der Waals surface area contributed by atoms with Gasteiger partial charge in [-0.05, 0) is 18.6 Å². The van der Waals surface area contributed by atoms with E-state index < -0.39 is 11.2 Å². The Bertz CT molecular complexity index is 985. The lowest BCUT2D eigenvalue weighted by Crippen LogP contribution is -2.52. The van der Waals surface area contributed by atoms with E-state index in [1.165, 1.54) is 0 Å². The molecule has 2 N–H and O–H groups in total. The van der Waals surface area contributed by atoms with E-state index in [4.69, 9.17) is 4.74 Å². The number of anilines is 1. The van der Waals surface area contributed by atoms with Crippen LogP contribution >= 0.6 is 36.2 Å². The number of alkyl halides is 3. The fraction of sp³-hybridized carbons (Fsp3) is 0.444. The van der Waals surface area contributed by atoms with Crippen LogP contribution in [-0.2, 0) is 10.9 Å². The van der Waals surface area contributed by atoms with Gasteiger partial charge in [0.2, 0.25) is 5.01 Å². The second kappa shape index (κ2) is 10.1. The van der Waals surface area contributed by atoms with E-state index in [9.17, 15) is 13.2 Å². The Labute approximate surface area is 188 Å². The number of rotatable bonds is 4. The molecule has 0 aliphatic carbocycles. The summed E-state index contributed by atoms with van der Waals surface area (Å²) < 4.78 is 45.0. The van der Waals surface area contributed by atoms with Crippen molar-refractivity contribution in [2.24, 2.45) is 0 Å². The number of nitrogens with zero attached hydrogens (tertiary/aromatic N) is 3. The van der Waals surface area contributed by atoms with Crippen LogP contribution in [0.25, 0.3) is 11.9 Å². The van der Waals surface area contributed by atoms with E-state index in [1.54, 1.807) is 19.5 Å². The zero-order valence-electron chi connectivity index (χ0n) is 16.0. The van der Waals surface area contributed by atoms with Crippen molar-refractivity contribution < 1.29 is 17.9 Å². The summed E-state index contributed by atoms with van der Waals surface area (Å²) >= 11 is 0.619. The quantitative estimate of drug-likeness (QED) is 0.693. The highest BCUT2D eigenvalue weighted by Crippen LogP contribution is 2.39. The van der Waals surface area contributed by atoms with Gasteiger partial charge in [-0.3, -0.25) is 4.98 Å². The molecule has 0 radical (unpaired) electrons. The lowest BCUT2D eigenvalue weighted by atomic mass is 10.1. The van der Waals surface area contributed by atoms with E-state index in [1.807, 2.05) is 12.1 Å². The van der Waals surface area contributed by atoms with Crippen LogP contribution in [0.15, 0.2) is 18.3 Å². The smallest absolute Gasteiger partial charge is 0.385 e. The Morgan fingerprint density at radius 1 is 1.33 bits per heavy atom. The van der Waals surface area contributed by atoms with Crippen LogP contribution in [0.4, 0.5) is 18.2 Å². The molecule has 1 atom stereocenters. The number of pyridine rings is 1. The summed E-state index contributed by atoms with van der Waals surface area (Å²) in [7, 11) is 1.66. The molecule has 2 aromatic rings. The van der Waals surface area contributed by atoms with Crippen LogP contribution in [0.1, 0.15) is 17.1 Å². The van der Waals surface area contributed by atoms with Crippen molar-refractivity contribution >= 4 is 53.0 Å². The maximum Gasteiger partial charge on any atom is 0.443 e. The first-order valence-corrected chi connectivity index (χ1v) is 9.77. The van der Waals surface area contributed by atoms with Crippen molar-refractivity contribution in [2.45, 2.75) is 18.6 Å². The lowest BCUT2D eigenvalue weighted by Gasteiger charge is -2.36. The molecular weight excluding hydrogens is 462 g/mol. The minimum absolute atomic E-state index is 0. The summed E-state index contributed by atoms with van der Waals surface area (Å²) in [4.78, 5) is 10.5. The van der Waals surface area contributed by atoms with Crippen molar-refractivity contribution in [3.8, 4) is 0 Å². The first-order chi connectivity index (χ1) is 13.5. The minimum Gasteiger partial charge on any atom is -0.385 e. The number of methoxy groups -OCH3 is 1. The average Bonchev–Trinajstić information content (AvgIpc) is 3.04. The van der Waals surface area contributed by atoms with Gasteiger partial charge >= 0.3 is 6.18 Å². The molecule has 166 valence electrons. The fourth-order valence-electron chi connectivity index (χ4n) is 3.47. The molecule has 1 unspecified atom stereocenters. The third kappa shape index (κ3) is 5.00. The monoisotopic (exact) mass is 483 g/mol. The summed E-state index contributed by atoms with van der Waals surface area (Å²) in [5, 5.41) is 7.42. The predicted octanol–water partition coefficient (Wildman–Crippen LogP) is 2.03. The second-order valence-electron chi connectivity index (χ2n) is 6.65. The molecule has 0 saturated carbocycles. The van der Waals surface area contributed by atoms with Gasteiger partial charge in [0.25, 0.3) is 0 Å². The molecule has 0 bridgehead atoms. The van der Waals surface area contributed by atoms with Gasteiger partial charge in [-0.2, -0.15) is 13.2 Å². The third-order valence-corrected chi connectivity index (χ3v) is 5.79. The molecule has 12 heteroatoms. The van der Waals surface area contributed by atoms with Gasteiger partial charge in [-0.1, -0.05) is 11.3 Å². The van der Waals surface area contributed by atoms with Crippen LogP contribution in [-0.4, -0.2) is 54.3 Å². The number of aromatic nitrogens is 2. The molecule has 0 aromatic carbocycles. The molecule has 30 heavy (non-hydrogen) atoms. The molecule has 4 heterocycles. The topological polar surface area (TPSA) is 62.3 Å². The summed E-state index contributed by atoms with van der Waals surface area (Å²) in [6.45, 7) is 2.65. The van der Waals surface area contributed by atoms with Gasteiger partial charge in [0.05, 0.1) is 11.0 Å². The molecule has 4 rings (SSSR count). The van der Waals surface area contributed by atoms with Gasteiger partial charge in [0.15, 0.2) is 0 Å². The van der Waals surface area contributed by atoms with Crippen molar-refractivity contribution in [2.75, 3.05) is 38.7 Å². The molecule has 0 spiro atoms. The molecule has 1 fully saturated rings. The molecular formula is C18H22Cl2F3N5OS. The molecule has 1 saturated heterocycles. The Kier molecular flexibility index (Phi) is 8.35. The van der Waals surface area contributed by atoms with E-state index in [-0.39, 0.29) is 30.9 Å². The Balaban J connectivity index is 0.00000160. The van der Waals surface area contributed by atoms with Crippen LogP contribution in [0.2, 0.25) is 0 Å². The number of nitrogens with one attached hydrogen (secondary N) is 2. The number of fused-ring (bicyclic) bond motifs is 2. The van der Waals surface area contributed by atoms with Crippen molar-refractivity contribution in [1.29, 1.82) is 0 Å². The largest absolute Gasteiger partial charge is 0.443 e. The van der Waals surface area contributed by atoms with Crippen molar-refractivity contribution in [3.05, 3.63) is 39.6 Å². The third-order valence-electron chi connectivity index (χ3n) is 4.76. The number of thiazole rings is 1. The van der Waals surface area contributed by atoms with Gasteiger partial charge in [-0.15, -0.1) is 24.8 Å². The number of hydrogen-bond donors (Lipinski definition) is 2. The minimum atomic E-state index is -4.49. The Morgan fingerprint density at radius 2 is 2.13 bits per heavy atom. The SMILES string of the molecule is COCCC1CN(C2=c3ncccc3=CNc3sc(C(F)(F)F)nc32)CCN1.Cl.Cl. The number of ether oxygens (including phenoxy) is 1. The second-order valence-corrected chi connectivity index (χ2v) is 7.65. The van der Waals surface area contributed by atoms with Crippen LogP contribution in [0.5, 0.6) is 0 Å². The first kappa shape index (κ1) is 24.7. The van der Waals surface area contributed by atoms with Gasteiger partial charge in [0, 0.05) is 57.0 Å². The van der Waals surface area contributed by atoms with Crippen LogP contribution in [0.3, 0.4) is 0 Å². The van der Waals surface area contributed by atoms with Gasteiger partial charge < -0.3 is 20.3 Å².